The van der Waals surface area contributed by atoms with Gasteiger partial charge in [-0.25, -0.2) is 0 Å². The Kier molecular flexibility index (Phi) is 6.93. The van der Waals surface area contributed by atoms with Crippen LogP contribution in [0.15, 0.2) is 6.07 Å². The molecule has 104 valence electrons. The van der Waals surface area contributed by atoms with Gasteiger partial charge >= 0.3 is 0 Å². The largest absolute Gasteiger partial charge is 0.381 e. The summed E-state index contributed by atoms with van der Waals surface area (Å²) >= 11 is 0. The minimum Gasteiger partial charge on any atom is -0.381 e. The summed E-state index contributed by atoms with van der Waals surface area (Å²) in [5, 5.41) is 4.44. The summed E-state index contributed by atoms with van der Waals surface area (Å²) in [5.41, 5.74) is 5.20. The van der Waals surface area contributed by atoms with Crippen molar-refractivity contribution >= 4 is 0 Å². The Labute approximate surface area is 110 Å². The first-order chi connectivity index (χ1) is 8.71. The summed E-state index contributed by atoms with van der Waals surface area (Å²) in [5.74, 6) is 5.59. The second-order valence-electron chi connectivity index (χ2n) is 4.57. The van der Waals surface area contributed by atoms with Crippen molar-refractivity contribution in [3.63, 3.8) is 0 Å². The zero-order valence-electron chi connectivity index (χ0n) is 11.8. The number of hydrogen-bond donors (Lipinski definition) is 2. The fourth-order valence-electron chi connectivity index (χ4n) is 1.90. The molecule has 0 bridgehead atoms. The molecule has 1 unspecified atom stereocenters. The number of aromatic nitrogens is 2. The van der Waals surface area contributed by atoms with E-state index in [4.69, 9.17) is 10.6 Å². The molecule has 0 saturated carbocycles. The first kappa shape index (κ1) is 15.1. The van der Waals surface area contributed by atoms with Crippen molar-refractivity contribution in [3.05, 3.63) is 17.5 Å². The van der Waals surface area contributed by atoms with E-state index in [1.54, 1.807) is 0 Å². The topological polar surface area (TPSA) is 65.1 Å². The smallest absolute Gasteiger partial charge is 0.0624 e. The van der Waals surface area contributed by atoms with Crippen LogP contribution in [0, 0.1) is 0 Å². The van der Waals surface area contributed by atoms with Crippen LogP contribution in [0.3, 0.4) is 0 Å². The molecule has 18 heavy (non-hydrogen) atoms. The van der Waals surface area contributed by atoms with E-state index in [0.717, 1.165) is 44.6 Å². The zero-order valence-corrected chi connectivity index (χ0v) is 11.8. The minimum absolute atomic E-state index is 0.238. The summed E-state index contributed by atoms with van der Waals surface area (Å²) in [6.45, 7) is 5.80. The van der Waals surface area contributed by atoms with Gasteiger partial charge in [0.1, 0.15) is 0 Å². The molecule has 0 amide bonds. The molecule has 0 radical (unpaired) electrons. The Bertz CT molecular complexity index is 338. The lowest BCUT2D eigenvalue weighted by Crippen LogP contribution is -2.38. The van der Waals surface area contributed by atoms with E-state index in [9.17, 15) is 0 Å². The van der Waals surface area contributed by atoms with E-state index >= 15 is 0 Å². The van der Waals surface area contributed by atoms with Gasteiger partial charge in [0.05, 0.1) is 5.69 Å². The highest BCUT2D eigenvalue weighted by Gasteiger charge is 2.11. The van der Waals surface area contributed by atoms with Gasteiger partial charge in [0.2, 0.25) is 0 Å². The van der Waals surface area contributed by atoms with Crippen molar-refractivity contribution in [3.8, 4) is 0 Å². The molecule has 0 aliphatic carbocycles. The number of aryl methyl sites for hydroxylation is 2. The maximum Gasteiger partial charge on any atom is 0.0624 e. The lowest BCUT2D eigenvalue weighted by molar-refractivity contribution is 0.124. The van der Waals surface area contributed by atoms with Crippen molar-refractivity contribution in [2.45, 2.75) is 45.6 Å². The van der Waals surface area contributed by atoms with Crippen molar-refractivity contribution < 1.29 is 4.74 Å². The molecular formula is C13H26N4O. The van der Waals surface area contributed by atoms with Crippen LogP contribution in [0.4, 0.5) is 0 Å². The number of hydrazine groups is 1. The standard InChI is InChI=1S/C13H26N4O/c1-4-7-18-8-6-12(15-14)10-13-9-11(5-2)16-17(13)3/h9,12,15H,4-8,10,14H2,1-3H3. The van der Waals surface area contributed by atoms with Crippen LogP contribution in [-0.4, -0.2) is 29.0 Å². The molecule has 1 atom stereocenters. The SMILES string of the molecule is CCCOCCC(Cc1cc(CC)nn1C)NN. The van der Waals surface area contributed by atoms with Gasteiger partial charge in [0.25, 0.3) is 0 Å². The van der Waals surface area contributed by atoms with Gasteiger partial charge in [-0.1, -0.05) is 13.8 Å². The molecule has 0 aromatic carbocycles. The molecule has 0 saturated heterocycles. The van der Waals surface area contributed by atoms with Gasteiger partial charge in [-0.2, -0.15) is 5.10 Å². The zero-order chi connectivity index (χ0) is 13.4. The summed E-state index contributed by atoms with van der Waals surface area (Å²) in [6, 6.07) is 2.39. The van der Waals surface area contributed by atoms with Gasteiger partial charge in [-0.05, 0) is 25.3 Å². The molecular weight excluding hydrogens is 228 g/mol. The lowest BCUT2D eigenvalue weighted by Gasteiger charge is -2.15. The molecule has 0 spiro atoms. The predicted octanol–water partition coefficient (Wildman–Crippen LogP) is 1.17. The Morgan fingerprint density at radius 2 is 2.22 bits per heavy atom. The highest BCUT2D eigenvalue weighted by Crippen LogP contribution is 2.08. The summed E-state index contributed by atoms with van der Waals surface area (Å²) < 4.78 is 7.43. The van der Waals surface area contributed by atoms with Gasteiger partial charge < -0.3 is 4.74 Å². The monoisotopic (exact) mass is 254 g/mol. The third kappa shape index (κ3) is 4.76. The summed E-state index contributed by atoms with van der Waals surface area (Å²) in [7, 11) is 1.98. The number of nitrogens with one attached hydrogen (secondary N) is 1. The fourth-order valence-corrected chi connectivity index (χ4v) is 1.90. The van der Waals surface area contributed by atoms with Crippen molar-refractivity contribution in [1.29, 1.82) is 0 Å². The van der Waals surface area contributed by atoms with Crippen molar-refractivity contribution in [1.82, 2.24) is 15.2 Å². The minimum atomic E-state index is 0.238. The highest BCUT2D eigenvalue weighted by molar-refractivity contribution is 5.11. The molecule has 0 aliphatic heterocycles. The van der Waals surface area contributed by atoms with E-state index in [-0.39, 0.29) is 6.04 Å². The molecule has 1 heterocycles. The fraction of sp³-hybridized carbons (Fsp3) is 0.769. The summed E-state index contributed by atoms with van der Waals surface area (Å²) in [6.07, 6.45) is 3.83. The predicted molar refractivity (Wildman–Crippen MR) is 73.1 cm³/mol. The molecule has 5 heteroatoms. The average molecular weight is 254 g/mol. The van der Waals surface area contributed by atoms with E-state index in [2.05, 4.69) is 30.4 Å². The molecule has 1 rings (SSSR count). The van der Waals surface area contributed by atoms with E-state index < -0.39 is 0 Å². The number of hydrogen-bond acceptors (Lipinski definition) is 4. The van der Waals surface area contributed by atoms with Gasteiger partial charge in [-0.15, -0.1) is 0 Å². The highest BCUT2D eigenvalue weighted by atomic mass is 16.5. The third-order valence-corrected chi connectivity index (χ3v) is 3.04. The third-order valence-electron chi connectivity index (χ3n) is 3.04. The van der Waals surface area contributed by atoms with Crippen LogP contribution in [0.25, 0.3) is 0 Å². The molecule has 0 fully saturated rings. The van der Waals surface area contributed by atoms with E-state index in [0.29, 0.717) is 0 Å². The van der Waals surface area contributed by atoms with Gasteiger partial charge in [-0.3, -0.25) is 16.0 Å². The Morgan fingerprint density at radius 1 is 1.44 bits per heavy atom. The number of nitrogens with two attached hydrogens (primary N) is 1. The second kappa shape index (κ2) is 8.24. The van der Waals surface area contributed by atoms with Crippen LogP contribution >= 0.6 is 0 Å². The van der Waals surface area contributed by atoms with Crippen LogP contribution in [-0.2, 0) is 24.6 Å². The maximum atomic E-state index is 5.59. The van der Waals surface area contributed by atoms with Crippen molar-refractivity contribution in [2.24, 2.45) is 12.9 Å². The van der Waals surface area contributed by atoms with Crippen LogP contribution in [0.5, 0.6) is 0 Å². The van der Waals surface area contributed by atoms with E-state index in [1.807, 2.05) is 11.7 Å². The molecule has 1 aromatic rings. The summed E-state index contributed by atoms with van der Waals surface area (Å²) in [4.78, 5) is 0. The Hall–Kier alpha value is -0.910. The lowest BCUT2D eigenvalue weighted by atomic mass is 10.1. The Morgan fingerprint density at radius 3 is 2.78 bits per heavy atom. The number of nitrogens with zero attached hydrogens (tertiary/aromatic N) is 2. The Balaban J connectivity index is 2.43. The van der Waals surface area contributed by atoms with Crippen LogP contribution in [0.1, 0.15) is 38.1 Å². The number of ether oxygens (including phenoxy) is 1. The van der Waals surface area contributed by atoms with Gasteiger partial charge in [0, 0.05) is 38.4 Å². The normalized spacial score (nSPS) is 12.9. The van der Waals surface area contributed by atoms with Gasteiger partial charge in [0.15, 0.2) is 0 Å². The first-order valence-electron chi connectivity index (χ1n) is 6.76. The number of rotatable bonds is 9. The van der Waals surface area contributed by atoms with Crippen molar-refractivity contribution in [2.75, 3.05) is 13.2 Å². The van der Waals surface area contributed by atoms with Crippen LogP contribution in [0.2, 0.25) is 0 Å². The van der Waals surface area contributed by atoms with E-state index in [1.165, 1.54) is 5.69 Å². The average Bonchev–Trinajstić information content (AvgIpc) is 2.74. The van der Waals surface area contributed by atoms with Crippen LogP contribution < -0.4 is 11.3 Å². The maximum absolute atomic E-state index is 5.59. The molecule has 3 N–H and O–H groups in total. The molecule has 0 aliphatic rings. The second-order valence-corrected chi connectivity index (χ2v) is 4.57. The molecule has 5 nitrogen and oxygen atoms in total. The molecule has 1 aromatic heterocycles. The quantitative estimate of drug-likeness (QED) is 0.394. The first-order valence-corrected chi connectivity index (χ1v) is 6.76.